The zero-order valence-corrected chi connectivity index (χ0v) is 17.1. The zero-order valence-electron chi connectivity index (χ0n) is 17.1. The van der Waals surface area contributed by atoms with Crippen LogP contribution in [0.2, 0.25) is 0 Å². The number of carbonyl (C=O) groups is 1. The largest absolute Gasteiger partial charge is 0.343 e. The summed E-state index contributed by atoms with van der Waals surface area (Å²) >= 11 is 0. The number of nitrogens with zero attached hydrogens (tertiary/aromatic N) is 1. The van der Waals surface area contributed by atoms with Crippen molar-refractivity contribution in [1.29, 1.82) is 0 Å². The fourth-order valence-corrected chi connectivity index (χ4v) is 4.12. The molecule has 0 unspecified atom stereocenters. The first kappa shape index (κ1) is 20.3. The van der Waals surface area contributed by atoms with E-state index in [2.05, 4.69) is 41.7 Å². The average molecular weight is 377 g/mol. The molecule has 1 N–H and O–H groups in total. The van der Waals surface area contributed by atoms with Gasteiger partial charge in [-0.3, -0.25) is 4.79 Å². The SMILES string of the molecule is CNCc1ccc(C2CCC(N(C)C(=O)CC=Cc3ccccc3)CC2)cc1. The lowest BCUT2D eigenvalue weighted by Crippen LogP contribution is -2.38. The standard InChI is InChI=1S/C25H32N2O/c1-26-19-21-11-13-22(14-12-21)23-15-17-24(18-16-23)27(2)25(28)10-6-9-20-7-4-3-5-8-20/h3-9,11-14,23-24,26H,10,15-19H2,1-2H3. The lowest BCUT2D eigenvalue weighted by molar-refractivity contribution is -0.131. The molecular weight excluding hydrogens is 344 g/mol. The van der Waals surface area contributed by atoms with Crippen LogP contribution >= 0.6 is 0 Å². The van der Waals surface area contributed by atoms with E-state index in [0.29, 0.717) is 18.4 Å². The van der Waals surface area contributed by atoms with Gasteiger partial charge in [0.25, 0.3) is 0 Å². The van der Waals surface area contributed by atoms with Crippen LogP contribution in [0.4, 0.5) is 0 Å². The van der Waals surface area contributed by atoms with Crippen LogP contribution in [0, 0.1) is 0 Å². The monoisotopic (exact) mass is 376 g/mol. The summed E-state index contributed by atoms with van der Waals surface area (Å²) in [6.07, 6.45) is 8.98. The number of rotatable bonds is 7. The molecule has 0 spiro atoms. The van der Waals surface area contributed by atoms with Gasteiger partial charge in [-0.05, 0) is 55.3 Å². The minimum atomic E-state index is 0.215. The second-order valence-electron chi connectivity index (χ2n) is 7.80. The normalized spacial score (nSPS) is 19.6. The molecule has 3 rings (SSSR count). The maximum Gasteiger partial charge on any atom is 0.226 e. The average Bonchev–Trinajstić information content (AvgIpc) is 2.75. The van der Waals surface area contributed by atoms with Crippen molar-refractivity contribution >= 4 is 12.0 Å². The predicted octanol–water partition coefficient (Wildman–Crippen LogP) is 4.99. The van der Waals surface area contributed by atoms with Crippen molar-refractivity contribution in [3.63, 3.8) is 0 Å². The molecule has 3 heteroatoms. The van der Waals surface area contributed by atoms with E-state index in [9.17, 15) is 4.79 Å². The summed E-state index contributed by atoms with van der Waals surface area (Å²) in [5.74, 6) is 0.841. The van der Waals surface area contributed by atoms with Crippen LogP contribution < -0.4 is 5.32 Å². The van der Waals surface area contributed by atoms with Crippen molar-refractivity contribution in [2.45, 2.75) is 50.6 Å². The first-order valence-corrected chi connectivity index (χ1v) is 10.4. The van der Waals surface area contributed by atoms with Crippen LogP contribution in [0.1, 0.15) is 54.7 Å². The third-order valence-electron chi connectivity index (χ3n) is 5.87. The summed E-state index contributed by atoms with van der Waals surface area (Å²) in [4.78, 5) is 14.5. The van der Waals surface area contributed by atoms with Gasteiger partial charge in [0.15, 0.2) is 0 Å². The maximum atomic E-state index is 12.6. The molecule has 0 atom stereocenters. The van der Waals surface area contributed by atoms with E-state index in [-0.39, 0.29) is 5.91 Å². The number of amides is 1. The van der Waals surface area contributed by atoms with Gasteiger partial charge in [-0.15, -0.1) is 0 Å². The maximum absolute atomic E-state index is 12.6. The lowest BCUT2D eigenvalue weighted by atomic mass is 9.81. The second-order valence-corrected chi connectivity index (χ2v) is 7.80. The molecule has 2 aromatic rings. The summed E-state index contributed by atoms with van der Waals surface area (Å²) in [6.45, 7) is 0.915. The molecule has 1 aliphatic carbocycles. The van der Waals surface area contributed by atoms with Gasteiger partial charge < -0.3 is 10.2 Å². The second kappa shape index (κ2) is 10.2. The molecule has 0 saturated heterocycles. The van der Waals surface area contributed by atoms with E-state index in [1.54, 1.807) is 0 Å². The summed E-state index contributed by atoms with van der Waals surface area (Å²) in [5, 5.41) is 3.19. The Morgan fingerprint density at radius 3 is 2.36 bits per heavy atom. The Bertz CT molecular complexity index is 759. The molecule has 1 amide bonds. The van der Waals surface area contributed by atoms with Crippen molar-refractivity contribution in [1.82, 2.24) is 10.2 Å². The highest BCUT2D eigenvalue weighted by atomic mass is 16.2. The van der Waals surface area contributed by atoms with Crippen LogP contribution in [0.25, 0.3) is 6.08 Å². The molecule has 1 saturated carbocycles. The quantitative estimate of drug-likeness (QED) is 0.738. The highest BCUT2D eigenvalue weighted by Gasteiger charge is 2.26. The Kier molecular flexibility index (Phi) is 7.44. The van der Waals surface area contributed by atoms with Crippen molar-refractivity contribution in [3.8, 4) is 0 Å². The van der Waals surface area contributed by atoms with E-state index in [0.717, 1.165) is 37.8 Å². The van der Waals surface area contributed by atoms with Gasteiger partial charge in [-0.2, -0.15) is 0 Å². The van der Waals surface area contributed by atoms with Gasteiger partial charge in [0.1, 0.15) is 0 Å². The van der Waals surface area contributed by atoms with Gasteiger partial charge >= 0.3 is 0 Å². The van der Waals surface area contributed by atoms with E-state index in [1.807, 2.05) is 49.3 Å². The Morgan fingerprint density at radius 1 is 1.04 bits per heavy atom. The number of nitrogens with one attached hydrogen (secondary N) is 1. The molecule has 0 aliphatic heterocycles. The number of benzene rings is 2. The van der Waals surface area contributed by atoms with Crippen LogP contribution in [0.15, 0.2) is 60.7 Å². The zero-order chi connectivity index (χ0) is 19.8. The van der Waals surface area contributed by atoms with Crippen molar-refractivity contribution in [2.24, 2.45) is 0 Å². The molecule has 0 heterocycles. The third kappa shape index (κ3) is 5.56. The lowest BCUT2D eigenvalue weighted by Gasteiger charge is -2.35. The van der Waals surface area contributed by atoms with E-state index in [1.165, 1.54) is 11.1 Å². The van der Waals surface area contributed by atoms with Crippen LogP contribution in [0.5, 0.6) is 0 Å². The van der Waals surface area contributed by atoms with Crippen LogP contribution in [-0.2, 0) is 11.3 Å². The molecule has 0 aromatic heterocycles. The summed E-state index contributed by atoms with van der Waals surface area (Å²) in [6, 6.07) is 19.5. The third-order valence-corrected chi connectivity index (χ3v) is 5.87. The van der Waals surface area contributed by atoms with Crippen molar-refractivity contribution in [2.75, 3.05) is 14.1 Å². The van der Waals surface area contributed by atoms with E-state index in [4.69, 9.17) is 0 Å². The summed E-state index contributed by atoms with van der Waals surface area (Å²) in [5.41, 5.74) is 3.91. The molecule has 0 radical (unpaired) electrons. The van der Waals surface area contributed by atoms with Crippen molar-refractivity contribution < 1.29 is 4.79 Å². The molecule has 0 bridgehead atoms. The molecule has 3 nitrogen and oxygen atoms in total. The van der Waals surface area contributed by atoms with Gasteiger partial charge in [0, 0.05) is 26.1 Å². The number of hydrogen-bond donors (Lipinski definition) is 1. The first-order chi connectivity index (χ1) is 13.7. The van der Waals surface area contributed by atoms with E-state index < -0.39 is 0 Å². The van der Waals surface area contributed by atoms with Crippen LogP contribution in [0.3, 0.4) is 0 Å². The highest BCUT2D eigenvalue weighted by Crippen LogP contribution is 2.34. The minimum absolute atomic E-state index is 0.215. The smallest absolute Gasteiger partial charge is 0.226 e. The van der Waals surface area contributed by atoms with Gasteiger partial charge in [0.2, 0.25) is 5.91 Å². The first-order valence-electron chi connectivity index (χ1n) is 10.4. The Hall–Kier alpha value is -2.39. The van der Waals surface area contributed by atoms with Gasteiger partial charge in [0.05, 0.1) is 0 Å². The number of hydrogen-bond acceptors (Lipinski definition) is 2. The van der Waals surface area contributed by atoms with Crippen LogP contribution in [-0.4, -0.2) is 30.9 Å². The summed E-state index contributed by atoms with van der Waals surface area (Å²) < 4.78 is 0. The molecule has 1 aliphatic rings. The molecular formula is C25H32N2O. The summed E-state index contributed by atoms with van der Waals surface area (Å²) in [7, 11) is 3.95. The Balaban J connectivity index is 1.47. The van der Waals surface area contributed by atoms with Gasteiger partial charge in [-0.1, -0.05) is 66.7 Å². The van der Waals surface area contributed by atoms with E-state index >= 15 is 0 Å². The molecule has 28 heavy (non-hydrogen) atoms. The van der Waals surface area contributed by atoms with Gasteiger partial charge in [-0.25, -0.2) is 0 Å². The molecule has 2 aromatic carbocycles. The fraction of sp³-hybridized carbons (Fsp3) is 0.400. The predicted molar refractivity (Wildman–Crippen MR) is 117 cm³/mol. The fourth-order valence-electron chi connectivity index (χ4n) is 4.12. The van der Waals surface area contributed by atoms with Crippen molar-refractivity contribution in [3.05, 3.63) is 77.4 Å². The Labute approximate surface area is 169 Å². The highest BCUT2D eigenvalue weighted by molar-refractivity contribution is 5.78. The molecule has 1 fully saturated rings. The number of carbonyl (C=O) groups excluding carboxylic acids is 1. The topological polar surface area (TPSA) is 32.3 Å². The minimum Gasteiger partial charge on any atom is -0.343 e. The Morgan fingerprint density at radius 2 is 1.71 bits per heavy atom. The molecule has 148 valence electrons.